The Morgan fingerprint density at radius 3 is 2.84 bits per heavy atom. The monoisotopic (exact) mass is 346 g/mol. The van der Waals surface area contributed by atoms with Gasteiger partial charge in [0.15, 0.2) is 11.8 Å². The first-order chi connectivity index (χ1) is 12.3. The van der Waals surface area contributed by atoms with Crippen molar-refractivity contribution in [2.24, 2.45) is 4.99 Å². The minimum absolute atomic E-state index is 0.469. The van der Waals surface area contributed by atoms with Crippen LogP contribution in [0.3, 0.4) is 0 Å². The van der Waals surface area contributed by atoms with E-state index >= 15 is 0 Å². The van der Waals surface area contributed by atoms with Crippen LogP contribution in [-0.4, -0.2) is 64.7 Å². The van der Waals surface area contributed by atoms with E-state index in [0.717, 1.165) is 37.8 Å². The molecule has 3 aliphatic rings. The zero-order valence-electron chi connectivity index (χ0n) is 15.3. The van der Waals surface area contributed by atoms with Crippen molar-refractivity contribution in [3.05, 3.63) is 11.7 Å². The van der Waals surface area contributed by atoms with Crippen LogP contribution in [0.1, 0.15) is 63.1 Å². The van der Waals surface area contributed by atoms with Crippen molar-refractivity contribution in [1.82, 2.24) is 25.3 Å². The molecule has 1 aromatic heterocycles. The molecule has 2 aliphatic heterocycles. The molecule has 0 radical (unpaired) electrons. The van der Waals surface area contributed by atoms with E-state index in [-0.39, 0.29) is 0 Å². The van der Waals surface area contributed by atoms with Crippen LogP contribution in [-0.2, 0) is 6.54 Å². The number of guanidine groups is 1. The number of rotatable bonds is 6. The molecule has 25 heavy (non-hydrogen) atoms. The van der Waals surface area contributed by atoms with E-state index in [9.17, 15) is 0 Å². The molecule has 7 heteroatoms. The number of likely N-dealkylation sites (tertiary alicyclic amines) is 2. The molecule has 0 aromatic carbocycles. The predicted octanol–water partition coefficient (Wildman–Crippen LogP) is 1.97. The first kappa shape index (κ1) is 16.8. The molecule has 7 nitrogen and oxygen atoms in total. The molecule has 1 aromatic rings. The lowest BCUT2D eigenvalue weighted by Gasteiger charge is -2.25. The van der Waals surface area contributed by atoms with Gasteiger partial charge in [-0.3, -0.25) is 4.90 Å². The summed E-state index contributed by atoms with van der Waals surface area (Å²) in [5.41, 5.74) is 0. The van der Waals surface area contributed by atoms with Gasteiger partial charge in [0.1, 0.15) is 6.54 Å². The summed E-state index contributed by atoms with van der Waals surface area (Å²) in [6, 6.07) is 0.681. The molecule has 1 aliphatic carbocycles. The molecule has 4 rings (SSSR count). The highest BCUT2D eigenvalue weighted by molar-refractivity contribution is 5.80. The second-order valence-corrected chi connectivity index (χ2v) is 7.52. The SMILES string of the molecule is CCCNC(=NCc1nc(C2CC2)no1)N1CCC(N2CCCC2)C1. The van der Waals surface area contributed by atoms with Crippen LogP contribution in [0.5, 0.6) is 0 Å². The molecule has 1 N–H and O–H groups in total. The van der Waals surface area contributed by atoms with Crippen LogP contribution in [0.4, 0.5) is 0 Å². The standard InChI is InChI=1S/C18H30N6O/c1-2-8-19-18(20-12-16-21-17(22-25-16)14-5-6-14)24-11-7-15(13-24)23-9-3-4-10-23/h14-15H,2-13H2,1H3,(H,19,20). The van der Waals surface area contributed by atoms with E-state index in [2.05, 4.69) is 32.2 Å². The fourth-order valence-corrected chi connectivity index (χ4v) is 3.83. The van der Waals surface area contributed by atoms with Gasteiger partial charge in [-0.25, -0.2) is 4.99 Å². The molecule has 0 bridgehead atoms. The van der Waals surface area contributed by atoms with Gasteiger partial charge in [0.2, 0.25) is 5.89 Å². The van der Waals surface area contributed by atoms with Gasteiger partial charge < -0.3 is 14.7 Å². The Kier molecular flexibility index (Phi) is 5.20. The van der Waals surface area contributed by atoms with Gasteiger partial charge in [-0.05, 0) is 51.6 Å². The van der Waals surface area contributed by atoms with Crippen LogP contribution in [0.25, 0.3) is 0 Å². The third-order valence-corrected chi connectivity index (χ3v) is 5.44. The van der Waals surface area contributed by atoms with E-state index in [4.69, 9.17) is 9.52 Å². The summed E-state index contributed by atoms with van der Waals surface area (Å²) in [6.07, 6.45) is 7.42. The minimum atomic E-state index is 0.469. The lowest BCUT2D eigenvalue weighted by Crippen LogP contribution is -2.43. The van der Waals surface area contributed by atoms with Gasteiger partial charge in [-0.1, -0.05) is 12.1 Å². The Balaban J connectivity index is 1.38. The number of aromatic nitrogens is 2. The Morgan fingerprint density at radius 2 is 2.08 bits per heavy atom. The van der Waals surface area contributed by atoms with E-state index in [1.54, 1.807) is 0 Å². The first-order valence-electron chi connectivity index (χ1n) is 9.93. The van der Waals surface area contributed by atoms with Gasteiger partial charge in [0.05, 0.1) is 0 Å². The quantitative estimate of drug-likeness (QED) is 0.627. The maximum atomic E-state index is 5.36. The van der Waals surface area contributed by atoms with E-state index < -0.39 is 0 Å². The Labute approximate surface area is 149 Å². The molecule has 0 spiro atoms. The highest BCUT2D eigenvalue weighted by Crippen LogP contribution is 2.38. The fraction of sp³-hybridized carbons (Fsp3) is 0.833. The molecular weight excluding hydrogens is 316 g/mol. The topological polar surface area (TPSA) is 69.8 Å². The highest BCUT2D eigenvalue weighted by Gasteiger charge is 2.31. The molecule has 0 amide bonds. The summed E-state index contributed by atoms with van der Waals surface area (Å²) in [7, 11) is 0. The van der Waals surface area contributed by atoms with Gasteiger partial charge in [0.25, 0.3) is 0 Å². The number of hydrogen-bond donors (Lipinski definition) is 1. The number of nitrogens with zero attached hydrogens (tertiary/aromatic N) is 5. The van der Waals surface area contributed by atoms with Crippen molar-refractivity contribution in [3.8, 4) is 0 Å². The molecule has 3 fully saturated rings. The smallest absolute Gasteiger partial charge is 0.248 e. The van der Waals surface area contributed by atoms with Crippen molar-refractivity contribution in [1.29, 1.82) is 0 Å². The van der Waals surface area contributed by atoms with Crippen molar-refractivity contribution in [2.75, 3.05) is 32.7 Å². The molecule has 3 heterocycles. The van der Waals surface area contributed by atoms with Crippen molar-refractivity contribution >= 4 is 5.96 Å². The zero-order chi connectivity index (χ0) is 17.1. The third kappa shape index (κ3) is 4.14. The molecular formula is C18H30N6O. The summed E-state index contributed by atoms with van der Waals surface area (Å²) in [6.45, 7) is 8.28. The summed E-state index contributed by atoms with van der Waals surface area (Å²) >= 11 is 0. The Hall–Kier alpha value is -1.63. The molecule has 1 unspecified atom stereocenters. The molecule has 138 valence electrons. The predicted molar refractivity (Wildman–Crippen MR) is 96.5 cm³/mol. The summed E-state index contributed by atoms with van der Waals surface area (Å²) < 4.78 is 5.36. The maximum Gasteiger partial charge on any atom is 0.248 e. The highest BCUT2D eigenvalue weighted by atomic mass is 16.5. The number of hydrogen-bond acceptors (Lipinski definition) is 5. The Morgan fingerprint density at radius 1 is 1.24 bits per heavy atom. The molecule has 1 saturated carbocycles. The van der Waals surface area contributed by atoms with Crippen LogP contribution in [0.15, 0.2) is 9.52 Å². The zero-order valence-corrected chi connectivity index (χ0v) is 15.3. The second-order valence-electron chi connectivity index (χ2n) is 7.52. The van der Waals surface area contributed by atoms with Crippen LogP contribution in [0.2, 0.25) is 0 Å². The normalized spacial score (nSPS) is 25.1. The van der Waals surface area contributed by atoms with Gasteiger partial charge in [-0.2, -0.15) is 4.98 Å². The summed E-state index contributed by atoms with van der Waals surface area (Å²) in [5.74, 6) is 3.02. The van der Waals surface area contributed by atoms with Crippen LogP contribution in [0, 0.1) is 0 Å². The molecule has 1 atom stereocenters. The lowest BCUT2D eigenvalue weighted by atomic mass is 10.2. The van der Waals surface area contributed by atoms with Gasteiger partial charge >= 0.3 is 0 Å². The van der Waals surface area contributed by atoms with Crippen molar-refractivity contribution in [2.45, 2.75) is 64.0 Å². The Bertz CT molecular complexity index is 590. The minimum Gasteiger partial charge on any atom is -0.356 e. The van der Waals surface area contributed by atoms with Crippen molar-refractivity contribution < 1.29 is 4.52 Å². The average molecular weight is 346 g/mol. The van der Waals surface area contributed by atoms with Crippen LogP contribution < -0.4 is 5.32 Å². The van der Waals surface area contributed by atoms with E-state index in [1.165, 1.54) is 45.2 Å². The fourth-order valence-electron chi connectivity index (χ4n) is 3.83. The second kappa shape index (κ2) is 7.72. The number of nitrogens with one attached hydrogen (secondary N) is 1. The maximum absolute atomic E-state index is 5.36. The number of aliphatic imine (C=N–C) groups is 1. The van der Waals surface area contributed by atoms with Crippen LogP contribution >= 0.6 is 0 Å². The summed E-state index contributed by atoms with van der Waals surface area (Å²) in [5, 5.41) is 7.59. The van der Waals surface area contributed by atoms with Gasteiger partial charge in [-0.15, -0.1) is 0 Å². The van der Waals surface area contributed by atoms with E-state index in [1.807, 2.05) is 0 Å². The summed E-state index contributed by atoms with van der Waals surface area (Å²) in [4.78, 5) is 14.3. The first-order valence-corrected chi connectivity index (χ1v) is 9.93. The third-order valence-electron chi connectivity index (χ3n) is 5.44. The lowest BCUT2D eigenvalue weighted by molar-refractivity contribution is 0.249. The largest absolute Gasteiger partial charge is 0.356 e. The van der Waals surface area contributed by atoms with E-state index in [0.29, 0.717) is 24.4 Å². The van der Waals surface area contributed by atoms with Crippen molar-refractivity contribution in [3.63, 3.8) is 0 Å². The molecule has 2 saturated heterocycles. The van der Waals surface area contributed by atoms with Gasteiger partial charge in [0, 0.05) is 31.6 Å². The average Bonchev–Trinajstić information content (AvgIpc) is 3.08.